The minimum Gasteiger partial charge on any atom is -0.478 e. The molecular formula is C15H19ClN2O3. The summed E-state index contributed by atoms with van der Waals surface area (Å²) in [6.07, 6.45) is 4.63. The highest BCUT2D eigenvalue weighted by atomic mass is 35.5. The molecule has 0 aliphatic heterocycles. The van der Waals surface area contributed by atoms with Crippen LogP contribution in [0, 0.1) is 5.92 Å². The summed E-state index contributed by atoms with van der Waals surface area (Å²) in [6.45, 7) is 0. The Kier molecular flexibility index (Phi) is 5.20. The average Bonchev–Trinajstić information content (AvgIpc) is 2.63. The van der Waals surface area contributed by atoms with E-state index in [4.69, 9.17) is 22.4 Å². The van der Waals surface area contributed by atoms with Crippen molar-refractivity contribution in [3.8, 4) is 0 Å². The van der Waals surface area contributed by atoms with Gasteiger partial charge in [-0.1, -0.05) is 30.9 Å². The first-order valence-corrected chi connectivity index (χ1v) is 7.46. The molecule has 2 unspecified atom stereocenters. The van der Waals surface area contributed by atoms with Crippen LogP contribution in [0.15, 0.2) is 18.2 Å². The van der Waals surface area contributed by atoms with E-state index >= 15 is 0 Å². The molecular weight excluding hydrogens is 292 g/mol. The molecule has 0 bridgehead atoms. The number of benzene rings is 1. The van der Waals surface area contributed by atoms with Gasteiger partial charge in [0, 0.05) is 11.1 Å². The van der Waals surface area contributed by atoms with E-state index in [9.17, 15) is 9.59 Å². The molecule has 1 aromatic carbocycles. The smallest absolute Gasteiger partial charge is 0.337 e. The third-order valence-electron chi connectivity index (χ3n) is 3.88. The van der Waals surface area contributed by atoms with Crippen LogP contribution in [0.4, 0.5) is 5.69 Å². The van der Waals surface area contributed by atoms with Crippen molar-refractivity contribution >= 4 is 29.2 Å². The fourth-order valence-electron chi connectivity index (χ4n) is 2.69. The molecule has 0 aromatic heterocycles. The largest absolute Gasteiger partial charge is 0.478 e. The van der Waals surface area contributed by atoms with Crippen molar-refractivity contribution in [2.75, 3.05) is 5.32 Å². The first-order chi connectivity index (χ1) is 9.99. The summed E-state index contributed by atoms with van der Waals surface area (Å²) in [5, 5.41) is 12.2. The molecule has 114 valence electrons. The molecule has 1 aliphatic rings. The molecule has 4 N–H and O–H groups in total. The number of anilines is 1. The van der Waals surface area contributed by atoms with Gasteiger partial charge in [-0.3, -0.25) is 4.79 Å². The summed E-state index contributed by atoms with van der Waals surface area (Å²) in [6, 6.07) is 4.14. The van der Waals surface area contributed by atoms with Gasteiger partial charge in [0.1, 0.15) is 0 Å². The summed E-state index contributed by atoms with van der Waals surface area (Å²) >= 11 is 5.88. The molecule has 2 rings (SSSR count). The number of nitrogens with two attached hydrogens (primary N) is 1. The van der Waals surface area contributed by atoms with Gasteiger partial charge in [-0.15, -0.1) is 0 Å². The van der Waals surface area contributed by atoms with Gasteiger partial charge in [0.05, 0.1) is 17.2 Å². The molecule has 21 heavy (non-hydrogen) atoms. The molecule has 0 heterocycles. The van der Waals surface area contributed by atoms with Crippen LogP contribution < -0.4 is 11.1 Å². The lowest BCUT2D eigenvalue weighted by Crippen LogP contribution is -2.38. The van der Waals surface area contributed by atoms with Crippen LogP contribution in [0.1, 0.15) is 42.5 Å². The minimum absolute atomic E-state index is 0.0231. The number of amides is 1. The molecule has 5 nitrogen and oxygen atoms in total. The lowest BCUT2D eigenvalue weighted by molar-refractivity contribution is -0.120. The summed E-state index contributed by atoms with van der Waals surface area (Å²) < 4.78 is 0. The zero-order valence-electron chi connectivity index (χ0n) is 11.6. The number of carbonyl (C=O) groups is 2. The monoisotopic (exact) mass is 310 g/mol. The number of halogens is 1. The van der Waals surface area contributed by atoms with Crippen molar-refractivity contribution in [2.45, 2.75) is 38.1 Å². The van der Waals surface area contributed by atoms with E-state index in [0.717, 1.165) is 32.1 Å². The van der Waals surface area contributed by atoms with E-state index in [1.807, 2.05) is 0 Å². The zero-order chi connectivity index (χ0) is 15.4. The number of carboxylic acid groups (broad SMARTS) is 1. The average molecular weight is 311 g/mol. The second kappa shape index (κ2) is 6.91. The fourth-order valence-corrected chi connectivity index (χ4v) is 2.87. The van der Waals surface area contributed by atoms with Gasteiger partial charge in [0.2, 0.25) is 5.91 Å². The molecule has 1 amide bonds. The van der Waals surface area contributed by atoms with Crippen LogP contribution in [0.3, 0.4) is 0 Å². The van der Waals surface area contributed by atoms with Gasteiger partial charge in [-0.05, 0) is 31.0 Å². The van der Waals surface area contributed by atoms with Crippen LogP contribution in [0.25, 0.3) is 0 Å². The number of carbonyl (C=O) groups excluding carboxylic acids is 1. The molecule has 0 saturated heterocycles. The highest BCUT2D eigenvalue weighted by Crippen LogP contribution is 2.26. The van der Waals surface area contributed by atoms with E-state index in [1.54, 1.807) is 0 Å². The topological polar surface area (TPSA) is 92.4 Å². The lowest BCUT2D eigenvalue weighted by Gasteiger charge is -2.21. The van der Waals surface area contributed by atoms with Gasteiger partial charge in [0.15, 0.2) is 0 Å². The van der Waals surface area contributed by atoms with E-state index in [1.165, 1.54) is 18.2 Å². The summed E-state index contributed by atoms with van der Waals surface area (Å²) in [7, 11) is 0. The maximum Gasteiger partial charge on any atom is 0.337 e. The Morgan fingerprint density at radius 2 is 1.95 bits per heavy atom. The Hall–Kier alpha value is -1.59. The Labute approximate surface area is 128 Å². The molecule has 1 aliphatic carbocycles. The second-order valence-corrected chi connectivity index (χ2v) is 5.83. The van der Waals surface area contributed by atoms with E-state index in [0.29, 0.717) is 5.02 Å². The molecule has 2 atom stereocenters. The van der Waals surface area contributed by atoms with Crippen LogP contribution in [0.2, 0.25) is 5.02 Å². The van der Waals surface area contributed by atoms with Gasteiger partial charge in [0.25, 0.3) is 0 Å². The third kappa shape index (κ3) is 3.95. The number of hydrogen-bond acceptors (Lipinski definition) is 3. The van der Waals surface area contributed by atoms with Crippen molar-refractivity contribution in [2.24, 2.45) is 11.7 Å². The molecule has 6 heteroatoms. The number of carboxylic acids is 1. The molecule has 0 spiro atoms. The van der Waals surface area contributed by atoms with Crippen LogP contribution in [0.5, 0.6) is 0 Å². The van der Waals surface area contributed by atoms with Crippen LogP contribution >= 0.6 is 11.6 Å². The van der Waals surface area contributed by atoms with Crippen molar-refractivity contribution in [3.05, 3.63) is 28.8 Å². The minimum atomic E-state index is -1.10. The second-order valence-electron chi connectivity index (χ2n) is 5.39. The summed E-state index contributed by atoms with van der Waals surface area (Å²) in [5.74, 6) is -1.62. The highest BCUT2D eigenvalue weighted by Gasteiger charge is 2.27. The standard InChI is InChI=1S/C15H19ClN2O3/c16-9-6-7-11(15(20)21)13(8-9)18-14(19)10-4-2-1-3-5-12(10)17/h6-8,10,12H,1-5,17H2,(H,18,19)(H,20,21). The first-order valence-electron chi connectivity index (χ1n) is 7.08. The normalized spacial score (nSPS) is 22.4. The van der Waals surface area contributed by atoms with Crippen LogP contribution in [-0.4, -0.2) is 23.0 Å². The Balaban J connectivity index is 2.18. The number of aromatic carboxylic acids is 1. The summed E-state index contributed by atoms with van der Waals surface area (Å²) in [5.41, 5.74) is 6.30. The lowest BCUT2D eigenvalue weighted by atomic mass is 9.94. The van der Waals surface area contributed by atoms with Gasteiger partial charge >= 0.3 is 5.97 Å². The van der Waals surface area contributed by atoms with Crippen molar-refractivity contribution in [1.29, 1.82) is 0 Å². The highest BCUT2D eigenvalue weighted by molar-refractivity contribution is 6.31. The Morgan fingerprint density at radius 1 is 1.24 bits per heavy atom. The van der Waals surface area contributed by atoms with Crippen molar-refractivity contribution < 1.29 is 14.7 Å². The van der Waals surface area contributed by atoms with Crippen molar-refractivity contribution in [3.63, 3.8) is 0 Å². The van der Waals surface area contributed by atoms with Gasteiger partial charge in [-0.2, -0.15) is 0 Å². The maximum absolute atomic E-state index is 12.4. The number of rotatable bonds is 3. The van der Waals surface area contributed by atoms with Crippen molar-refractivity contribution in [1.82, 2.24) is 0 Å². The molecule has 1 fully saturated rings. The predicted octanol–water partition coefficient (Wildman–Crippen LogP) is 2.88. The van der Waals surface area contributed by atoms with E-state index in [2.05, 4.69) is 5.32 Å². The zero-order valence-corrected chi connectivity index (χ0v) is 12.4. The van der Waals surface area contributed by atoms with E-state index in [-0.39, 0.29) is 29.1 Å². The third-order valence-corrected chi connectivity index (χ3v) is 4.11. The molecule has 1 saturated carbocycles. The molecule has 0 radical (unpaired) electrons. The number of hydrogen-bond donors (Lipinski definition) is 3. The van der Waals surface area contributed by atoms with Crippen LogP contribution in [-0.2, 0) is 4.79 Å². The van der Waals surface area contributed by atoms with Gasteiger partial charge in [-0.25, -0.2) is 4.79 Å². The number of nitrogens with one attached hydrogen (secondary N) is 1. The Bertz CT molecular complexity index is 548. The predicted molar refractivity (Wildman–Crippen MR) is 81.6 cm³/mol. The maximum atomic E-state index is 12.4. The fraction of sp³-hybridized carbons (Fsp3) is 0.467. The Morgan fingerprint density at radius 3 is 2.67 bits per heavy atom. The quantitative estimate of drug-likeness (QED) is 0.748. The summed E-state index contributed by atoms with van der Waals surface area (Å²) in [4.78, 5) is 23.6. The van der Waals surface area contributed by atoms with E-state index < -0.39 is 5.97 Å². The first kappa shape index (κ1) is 15.8. The van der Waals surface area contributed by atoms with Gasteiger partial charge < -0.3 is 16.2 Å². The SMILES string of the molecule is NC1CCCCCC1C(=O)Nc1cc(Cl)ccc1C(=O)O. The molecule has 1 aromatic rings.